The Balaban J connectivity index is 2.05. The Kier molecular flexibility index (Phi) is 3.40. The average Bonchev–Trinajstić information content (AvgIpc) is 2.76. The van der Waals surface area contributed by atoms with Crippen molar-refractivity contribution in [3.63, 3.8) is 0 Å². The molecule has 0 radical (unpaired) electrons. The Morgan fingerprint density at radius 1 is 1.41 bits per heavy atom. The van der Waals surface area contributed by atoms with Crippen LogP contribution in [0, 0.1) is 24.1 Å². The molecule has 2 aromatic rings. The van der Waals surface area contributed by atoms with Crippen LogP contribution in [0.2, 0.25) is 0 Å². The predicted molar refractivity (Wildman–Crippen MR) is 67.5 cm³/mol. The van der Waals surface area contributed by atoms with E-state index in [0.717, 1.165) is 10.4 Å². The smallest absolute Gasteiger partial charge is 0.146 e. The van der Waals surface area contributed by atoms with Crippen LogP contribution in [0.4, 0.5) is 10.1 Å². The van der Waals surface area contributed by atoms with Crippen LogP contribution in [0.15, 0.2) is 29.6 Å². The second kappa shape index (κ2) is 4.98. The third kappa shape index (κ3) is 2.83. The van der Waals surface area contributed by atoms with E-state index in [1.54, 1.807) is 11.4 Å². The minimum Gasteiger partial charge on any atom is -0.378 e. The molecular formula is C13H11FN2S. The van der Waals surface area contributed by atoms with Crippen LogP contribution in [0.5, 0.6) is 0 Å². The molecule has 0 atom stereocenters. The van der Waals surface area contributed by atoms with Gasteiger partial charge in [0.2, 0.25) is 0 Å². The first-order chi connectivity index (χ1) is 8.19. The highest BCUT2D eigenvalue weighted by Gasteiger charge is 2.03. The van der Waals surface area contributed by atoms with Gasteiger partial charge in [-0.15, -0.1) is 11.3 Å². The molecule has 17 heavy (non-hydrogen) atoms. The van der Waals surface area contributed by atoms with Gasteiger partial charge in [-0.1, -0.05) is 6.07 Å². The number of nitrogens with one attached hydrogen (secondary N) is 1. The molecule has 1 N–H and O–H groups in total. The molecule has 4 heteroatoms. The lowest BCUT2D eigenvalue weighted by molar-refractivity contribution is 0.629. The van der Waals surface area contributed by atoms with Gasteiger partial charge in [-0.25, -0.2) is 4.39 Å². The van der Waals surface area contributed by atoms with Crippen molar-refractivity contribution in [3.05, 3.63) is 51.5 Å². The van der Waals surface area contributed by atoms with E-state index >= 15 is 0 Å². The Morgan fingerprint density at radius 3 is 2.88 bits per heavy atom. The van der Waals surface area contributed by atoms with Crippen molar-refractivity contribution < 1.29 is 4.39 Å². The predicted octanol–water partition coefficient (Wildman–Crippen LogP) is 3.68. The van der Waals surface area contributed by atoms with Gasteiger partial charge in [-0.3, -0.25) is 0 Å². The van der Waals surface area contributed by atoms with Crippen molar-refractivity contribution in [1.29, 1.82) is 5.26 Å². The monoisotopic (exact) mass is 246 g/mol. The molecule has 86 valence electrons. The number of rotatable bonds is 3. The van der Waals surface area contributed by atoms with Crippen molar-refractivity contribution in [2.45, 2.75) is 13.5 Å². The number of thiophene rings is 1. The largest absolute Gasteiger partial charge is 0.378 e. The zero-order chi connectivity index (χ0) is 12.3. The van der Waals surface area contributed by atoms with Gasteiger partial charge in [0.25, 0.3) is 0 Å². The number of anilines is 1. The maximum absolute atomic E-state index is 13.5. The molecule has 2 nitrogen and oxygen atoms in total. The molecule has 0 amide bonds. The van der Waals surface area contributed by atoms with Crippen molar-refractivity contribution in [3.8, 4) is 6.07 Å². The molecule has 2 rings (SSSR count). The van der Waals surface area contributed by atoms with Gasteiger partial charge in [-0.05, 0) is 30.7 Å². The van der Waals surface area contributed by atoms with Gasteiger partial charge in [0, 0.05) is 16.8 Å². The lowest BCUT2D eigenvalue weighted by Gasteiger charge is -2.06. The van der Waals surface area contributed by atoms with Crippen molar-refractivity contribution in [1.82, 2.24) is 0 Å². The maximum atomic E-state index is 13.5. The second-order valence-electron chi connectivity index (χ2n) is 3.75. The van der Waals surface area contributed by atoms with Crippen LogP contribution in [0.25, 0.3) is 0 Å². The van der Waals surface area contributed by atoms with Crippen LogP contribution in [-0.4, -0.2) is 0 Å². The summed E-state index contributed by atoms with van der Waals surface area (Å²) in [5.74, 6) is -0.248. The van der Waals surface area contributed by atoms with E-state index in [-0.39, 0.29) is 5.82 Å². The SMILES string of the molecule is Cc1ccc(NCc2cc(C#N)cs2)c(F)c1. The molecule has 0 unspecified atom stereocenters. The van der Waals surface area contributed by atoms with E-state index in [1.165, 1.54) is 17.4 Å². The zero-order valence-electron chi connectivity index (χ0n) is 9.33. The Morgan fingerprint density at radius 2 is 2.24 bits per heavy atom. The zero-order valence-corrected chi connectivity index (χ0v) is 10.1. The van der Waals surface area contributed by atoms with Gasteiger partial charge in [0.05, 0.1) is 11.3 Å². The van der Waals surface area contributed by atoms with Crippen LogP contribution in [0.3, 0.4) is 0 Å². The number of hydrogen-bond donors (Lipinski definition) is 1. The number of benzene rings is 1. The third-order valence-corrected chi connectivity index (χ3v) is 3.30. The molecule has 0 aliphatic rings. The number of nitrogens with zero attached hydrogens (tertiary/aromatic N) is 1. The van der Waals surface area contributed by atoms with Crippen molar-refractivity contribution in [2.75, 3.05) is 5.32 Å². The number of aryl methyl sites for hydroxylation is 1. The first-order valence-electron chi connectivity index (χ1n) is 5.16. The van der Waals surface area contributed by atoms with Gasteiger partial charge in [0.15, 0.2) is 0 Å². The van der Waals surface area contributed by atoms with E-state index in [1.807, 2.05) is 19.1 Å². The summed E-state index contributed by atoms with van der Waals surface area (Å²) in [6, 6.07) is 8.97. The van der Waals surface area contributed by atoms with E-state index in [4.69, 9.17) is 5.26 Å². The molecule has 0 aliphatic heterocycles. The van der Waals surface area contributed by atoms with Crippen molar-refractivity contribution >= 4 is 17.0 Å². The van der Waals surface area contributed by atoms with Gasteiger partial charge >= 0.3 is 0 Å². The fourth-order valence-corrected chi connectivity index (χ4v) is 2.23. The molecule has 0 saturated heterocycles. The van der Waals surface area contributed by atoms with Gasteiger partial charge in [-0.2, -0.15) is 5.26 Å². The summed E-state index contributed by atoms with van der Waals surface area (Å²) >= 11 is 1.49. The molecule has 0 fully saturated rings. The second-order valence-corrected chi connectivity index (χ2v) is 4.75. The summed E-state index contributed by atoms with van der Waals surface area (Å²) in [4.78, 5) is 1.02. The Labute approximate surface area is 103 Å². The maximum Gasteiger partial charge on any atom is 0.146 e. The van der Waals surface area contributed by atoms with Gasteiger partial charge in [0.1, 0.15) is 11.9 Å². The Bertz CT molecular complexity index is 569. The van der Waals surface area contributed by atoms with Crippen LogP contribution in [0.1, 0.15) is 16.0 Å². The highest BCUT2D eigenvalue weighted by molar-refractivity contribution is 7.10. The van der Waals surface area contributed by atoms with E-state index < -0.39 is 0 Å². The normalized spacial score (nSPS) is 9.94. The van der Waals surface area contributed by atoms with Crippen molar-refractivity contribution in [2.24, 2.45) is 0 Å². The van der Waals surface area contributed by atoms with Crippen LogP contribution in [-0.2, 0) is 6.54 Å². The molecule has 0 bridgehead atoms. The number of hydrogen-bond acceptors (Lipinski definition) is 3. The first-order valence-corrected chi connectivity index (χ1v) is 6.04. The van der Waals surface area contributed by atoms with Crippen LogP contribution >= 0.6 is 11.3 Å². The van der Waals surface area contributed by atoms with E-state index in [9.17, 15) is 4.39 Å². The molecule has 0 saturated carbocycles. The summed E-state index contributed by atoms with van der Waals surface area (Å²) < 4.78 is 13.5. The van der Waals surface area contributed by atoms with E-state index in [2.05, 4.69) is 11.4 Å². The van der Waals surface area contributed by atoms with Gasteiger partial charge < -0.3 is 5.32 Å². The Hall–Kier alpha value is -1.86. The first kappa shape index (κ1) is 11.6. The lowest BCUT2D eigenvalue weighted by atomic mass is 10.2. The molecule has 0 spiro atoms. The van der Waals surface area contributed by atoms with Crippen LogP contribution < -0.4 is 5.32 Å². The standard InChI is InChI=1S/C13H11FN2S/c1-9-2-3-13(12(14)4-9)16-7-11-5-10(6-15)8-17-11/h2-5,8,16H,7H2,1H3. The fourth-order valence-electron chi connectivity index (χ4n) is 1.48. The summed E-state index contributed by atoms with van der Waals surface area (Å²) in [6.07, 6.45) is 0. The minimum atomic E-state index is -0.248. The lowest BCUT2D eigenvalue weighted by Crippen LogP contribution is -1.99. The highest BCUT2D eigenvalue weighted by atomic mass is 32.1. The molecule has 1 aromatic carbocycles. The number of halogens is 1. The summed E-state index contributed by atoms with van der Waals surface area (Å²) in [5.41, 5.74) is 2.04. The highest BCUT2D eigenvalue weighted by Crippen LogP contribution is 2.19. The van der Waals surface area contributed by atoms with E-state index in [0.29, 0.717) is 17.8 Å². The summed E-state index contributed by atoms with van der Waals surface area (Å²) in [7, 11) is 0. The molecule has 0 aliphatic carbocycles. The number of nitriles is 1. The average molecular weight is 246 g/mol. The molecular weight excluding hydrogens is 235 g/mol. The molecule has 1 aromatic heterocycles. The molecule has 1 heterocycles. The third-order valence-electron chi connectivity index (χ3n) is 2.36. The topological polar surface area (TPSA) is 35.8 Å². The fraction of sp³-hybridized carbons (Fsp3) is 0.154. The minimum absolute atomic E-state index is 0.248. The quantitative estimate of drug-likeness (QED) is 0.896. The summed E-state index contributed by atoms with van der Waals surface area (Å²) in [6.45, 7) is 2.39. The summed E-state index contributed by atoms with van der Waals surface area (Å²) in [5, 5.41) is 13.5.